The number of aliphatic carboxylic acids is 1. The van der Waals surface area contributed by atoms with Crippen LogP contribution in [0.4, 0.5) is 4.79 Å². The van der Waals surface area contributed by atoms with Gasteiger partial charge in [0, 0.05) is 19.5 Å². The molecule has 1 aliphatic rings. The molecule has 1 aliphatic heterocycles. The predicted octanol–water partition coefficient (Wildman–Crippen LogP) is 2.75. The minimum Gasteiger partial charge on any atom is -0.481 e. The van der Waals surface area contributed by atoms with Crippen LogP contribution in [0.25, 0.3) is 0 Å². The smallest absolute Gasteiger partial charge is 0.409 e. The first kappa shape index (κ1) is 15.8. The molecule has 0 aromatic carbocycles. The van der Waals surface area contributed by atoms with E-state index < -0.39 is 5.97 Å². The van der Waals surface area contributed by atoms with Gasteiger partial charge in [0.15, 0.2) is 0 Å². The van der Waals surface area contributed by atoms with Crippen molar-refractivity contribution in [3.63, 3.8) is 0 Å². The van der Waals surface area contributed by atoms with Crippen LogP contribution in [0.2, 0.25) is 0 Å². The molecule has 0 unspecified atom stereocenters. The number of amides is 1. The zero-order valence-corrected chi connectivity index (χ0v) is 11.9. The Balaban J connectivity index is 2.16. The van der Waals surface area contributed by atoms with E-state index in [0.717, 1.165) is 25.7 Å². The third-order valence-electron chi connectivity index (χ3n) is 3.49. The maximum Gasteiger partial charge on any atom is 0.409 e. The number of rotatable bonds is 6. The molecule has 0 atom stereocenters. The van der Waals surface area contributed by atoms with E-state index in [9.17, 15) is 9.59 Å². The van der Waals surface area contributed by atoms with Gasteiger partial charge < -0.3 is 14.7 Å². The second kappa shape index (κ2) is 8.02. The highest BCUT2D eigenvalue weighted by Crippen LogP contribution is 2.20. The lowest BCUT2D eigenvalue weighted by atomic mass is 9.94. The molecule has 5 nitrogen and oxygen atoms in total. The molecule has 0 spiro atoms. The third kappa shape index (κ3) is 6.45. The highest BCUT2D eigenvalue weighted by Gasteiger charge is 2.24. The minimum atomic E-state index is -0.755. The van der Waals surface area contributed by atoms with Gasteiger partial charge in [-0.05, 0) is 37.5 Å². The Morgan fingerprint density at radius 2 is 1.95 bits per heavy atom. The fourth-order valence-corrected chi connectivity index (χ4v) is 2.31. The molecule has 19 heavy (non-hydrogen) atoms. The van der Waals surface area contributed by atoms with E-state index in [1.54, 1.807) is 4.90 Å². The summed E-state index contributed by atoms with van der Waals surface area (Å²) in [5.41, 5.74) is 0. The summed E-state index contributed by atoms with van der Waals surface area (Å²) < 4.78 is 5.22. The summed E-state index contributed by atoms with van der Waals surface area (Å²) in [7, 11) is 0. The van der Waals surface area contributed by atoms with Crippen molar-refractivity contribution in [2.75, 3.05) is 19.7 Å². The van der Waals surface area contributed by atoms with Gasteiger partial charge in [-0.25, -0.2) is 4.79 Å². The lowest BCUT2D eigenvalue weighted by molar-refractivity contribution is -0.138. The summed E-state index contributed by atoms with van der Waals surface area (Å²) in [4.78, 5) is 24.1. The molecule has 1 amide bonds. The first-order chi connectivity index (χ1) is 8.99. The average Bonchev–Trinajstić information content (AvgIpc) is 2.34. The molecule has 0 radical (unpaired) electrons. The van der Waals surface area contributed by atoms with Gasteiger partial charge in [-0.3, -0.25) is 4.79 Å². The highest BCUT2D eigenvalue weighted by molar-refractivity contribution is 5.68. The van der Waals surface area contributed by atoms with Crippen LogP contribution in [-0.4, -0.2) is 41.8 Å². The lowest BCUT2D eigenvalue weighted by Gasteiger charge is -2.30. The highest BCUT2D eigenvalue weighted by atomic mass is 16.6. The van der Waals surface area contributed by atoms with E-state index in [4.69, 9.17) is 9.84 Å². The van der Waals surface area contributed by atoms with Crippen molar-refractivity contribution in [1.82, 2.24) is 4.90 Å². The maximum atomic E-state index is 11.8. The van der Waals surface area contributed by atoms with Crippen LogP contribution in [0.3, 0.4) is 0 Å². The van der Waals surface area contributed by atoms with Crippen LogP contribution in [0.1, 0.15) is 46.0 Å². The van der Waals surface area contributed by atoms with E-state index >= 15 is 0 Å². The summed E-state index contributed by atoms with van der Waals surface area (Å²) >= 11 is 0. The van der Waals surface area contributed by atoms with Crippen molar-refractivity contribution >= 4 is 12.1 Å². The van der Waals surface area contributed by atoms with E-state index in [1.165, 1.54) is 0 Å². The molecule has 1 N–H and O–H groups in total. The molecule has 1 saturated heterocycles. The van der Waals surface area contributed by atoms with Gasteiger partial charge in [0.25, 0.3) is 0 Å². The maximum absolute atomic E-state index is 11.8. The number of carbonyl (C=O) groups excluding carboxylic acids is 1. The minimum absolute atomic E-state index is 0.197. The Labute approximate surface area is 114 Å². The Kier molecular flexibility index (Phi) is 6.67. The molecule has 1 rings (SSSR count). The molecule has 5 heteroatoms. The van der Waals surface area contributed by atoms with Gasteiger partial charge >= 0.3 is 12.1 Å². The summed E-state index contributed by atoms with van der Waals surface area (Å²) in [6, 6.07) is 0. The van der Waals surface area contributed by atoms with Crippen LogP contribution < -0.4 is 0 Å². The van der Waals surface area contributed by atoms with Gasteiger partial charge in [0.1, 0.15) is 0 Å². The molecule has 1 fully saturated rings. The Hall–Kier alpha value is -1.26. The number of carbonyl (C=O) groups is 2. The summed E-state index contributed by atoms with van der Waals surface area (Å²) in [6.45, 7) is 6.00. The number of ether oxygens (including phenoxy) is 1. The number of hydrogen-bond donors (Lipinski definition) is 1. The average molecular weight is 271 g/mol. The second-order valence-electron chi connectivity index (χ2n) is 5.68. The molecular weight excluding hydrogens is 246 g/mol. The largest absolute Gasteiger partial charge is 0.481 e. The first-order valence-electron chi connectivity index (χ1n) is 7.12. The number of likely N-dealkylation sites (tertiary alicyclic amines) is 1. The van der Waals surface area contributed by atoms with Crippen LogP contribution in [0.5, 0.6) is 0 Å². The number of nitrogens with zero attached hydrogens (tertiary/aromatic N) is 1. The van der Waals surface area contributed by atoms with Gasteiger partial charge in [0.05, 0.1) is 6.61 Å². The Morgan fingerprint density at radius 3 is 2.47 bits per heavy atom. The van der Waals surface area contributed by atoms with Crippen molar-refractivity contribution in [3.8, 4) is 0 Å². The quantitative estimate of drug-likeness (QED) is 0.754. The van der Waals surface area contributed by atoms with Crippen molar-refractivity contribution in [3.05, 3.63) is 0 Å². The fraction of sp³-hybridized carbons (Fsp3) is 0.857. The number of carboxylic acids is 1. The number of hydrogen-bond acceptors (Lipinski definition) is 3. The molecule has 110 valence electrons. The second-order valence-corrected chi connectivity index (χ2v) is 5.68. The summed E-state index contributed by atoms with van der Waals surface area (Å²) in [5, 5.41) is 8.72. The van der Waals surface area contributed by atoms with Crippen molar-refractivity contribution in [2.45, 2.75) is 46.0 Å². The molecule has 0 aromatic rings. The fourth-order valence-electron chi connectivity index (χ4n) is 2.31. The van der Waals surface area contributed by atoms with Gasteiger partial charge in [-0.15, -0.1) is 0 Å². The van der Waals surface area contributed by atoms with Crippen LogP contribution >= 0.6 is 0 Å². The molecule has 0 aromatic heterocycles. The SMILES string of the molecule is CC(C)CCCOC(=O)N1CCC(CC(=O)O)CC1. The zero-order chi connectivity index (χ0) is 14.3. The monoisotopic (exact) mass is 271 g/mol. The predicted molar refractivity (Wildman–Crippen MR) is 72.0 cm³/mol. The molecule has 0 aliphatic carbocycles. The van der Waals surface area contributed by atoms with E-state index in [-0.39, 0.29) is 18.4 Å². The zero-order valence-electron chi connectivity index (χ0n) is 11.9. The molecule has 0 saturated carbocycles. The molecular formula is C14H25NO4. The molecule has 0 bridgehead atoms. The third-order valence-corrected chi connectivity index (χ3v) is 3.49. The first-order valence-corrected chi connectivity index (χ1v) is 7.12. The van der Waals surface area contributed by atoms with E-state index in [0.29, 0.717) is 25.6 Å². The van der Waals surface area contributed by atoms with Crippen LogP contribution in [-0.2, 0) is 9.53 Å². The standard InChI is InChI=1S/C14H25NO4/c1-11(2)4-3-9-19-14(18)15-7-5-12(6-8-15)10-13(16)17/h11-12H,3-10H2,1-2H3,(H,16,17). The summed E-state index contributed by atoms with van der Waals surface area (Å²) in [5.74, 6) is 0.0719. The van der Waals surface area contributed by atoms with Crippen molar-refractivity contribution < 1.29 is 19.4 Å². The number of piperidine rings is 1. The van der Waals surface area contributed by atoms with Gasteiger partial charge in [-0.1, -0.05) is 13.8 Å². The van der Waals surface area contributed by atoms with Gasteiger partial charge in [0.2, 0.25) is 0 Å². The topological polar surface area (TPSA) is 66.8 Å². The Morgan fingerprint density at radius 1 is 1.32 bits per heavy atom. The Bertz CT molecular complexity index is 296. The van der Waals surface area contributed by atoms with Crippen LogP contribution in [0, 0.1) is 11.8 Å². The van der Waals surface area contributed by atoms with Crippen LogP contribution in [0.15, 0.2) is 0 Å². The molecule has 1 heterocycles. The van der Waals surface area contributed by atoms with Gasteiger partial charge in [-0.2, -0.15) is 0 Å². The van der Waals surface area contributed by atoms with E-state index in [1.807, 2.05) is 0 Å². The number of carboxylic acid groups (broad SMARTS) is 1. The summed E-state index contributed by atoms with van der Waals surface area (Å²) in [6.07, 6.45) is 3.43. The van der Waals surface area contributed by atoms with Crippen molar-refractivity contribution in [1.29, 1.82) is 0 Å². The van der Waals surface area contributed by atoms with E-state index in [2.05, 4.69) is 13.8 Å². The van der Waals surface area contributed by atoms with Crippen molar-refractivity contribution in [2.24, 2.45) is 11.8 Å². The lowest BCUT2D eigenvalue weighted by Crippen LogP contribution is -2.39. The normalized spacial score (nSPS) is 16.7.